The molecule has 1 aromatic heterocycles. The summed E-state index contributed by atoms with van der Waals surface area (Å²) >= 11 is 6.11. The van der Waals surface area contributed by atoms with Crippen LogP contribution >= 0.6 is 11.6 Å². The fourth-order valence-electron chi connectivity index (χ4n) is 1.66. The summed E-state index contributed by atoms with van der Waals surface area (Å²) < 4.78 is 12.1. The molecule has 2 rings (SSSR count). The predicted octanol–water partition coefficient (Wildman–Crippen LogP) is 2.75. The lowest BCUT2D eigenvalue weighted by Crippen LogP contribution is -2.18. The Hall–Kier alpha value is -1.85. The summed E-state index contributed by atoms with van der Waals surface area (Å²) in [5.41, 5.74) is 1.10. The van der Waals surface area contributed by atoms with Crippen molar-refractivity contribution < 1.29 is 14.3 Å². The maximum Gasteiger partial charge on any atom is 0.243 e. The third kappa shape index (κ3) is 5.21. The molecule has 2 aromatic rings. The van der Waals surface area contributed by atoms with Crippen molar-refractivity contribution in [1.82, 2.24) is 9.78 Å². The van der Waals surface area contributed by atoms with Gasteiger partial charge in [0.25, 0.3) is 0 Å². The zero-order chi connectivity index (χ0) is 15.1. The van der Waals surface area contributed by atoms with Crippen LogP contribution in [0, 0.1) is 0 Å². The van der Waals surface area contributed by atoms with Crippen LogP contribution in [0.4, 0.5) is 0 Å². The smallest absolute Gasteiger partial charge is 0.243 e. The van der Waals surface area contributed by atoms with E-state index in [4.69, 9.17) is 21.1 Å². The Bertz CT molecular complexity index is 571. The number of aromatic nitrogens is 2. The molecule has 0 saturated heterocycles. The van der Waals surface area contributed by atoms with Gasteiger partial charge in [0.2, 0.25) is 11.8 Å². The van der Waals surface area contributed by atoms with Crippen molar-refractivity contribution >= 4 is 17.5 Å². The van der Waals surface area contributed by atoms with Crippen molar-refractivity contribution in [1.29, 1.82) is 0 Å². The monoisotopic (exact) mass is 308 g/mol. The molecule has 0 aliphatic carbocycles. The molecule has 0 spiro atoms. The summed E-state index contributed by atoms with van der Waals surface area (Å²) in [5, 5.41) is 3.67. The number of nitrogens with zero attached hydrogens (tertiary/aromatic N) is 2. The van der Waals surface area contributed by atoms with E-state index in [2.05, 4.69) is 5.10 Å². The topological polar surface area (TPSA) is 53.4 Å². The van der Waals surface area contributed by atoms with Crippen LogP contribution in [0.1, 0.15) is 17.3 Å². The largest absolute Gasteiger partial charge is 0.475 e. The molecule has 112 valence electrons. The summed E-state index contributed by atoms with van der Waals surface area (Å²) in [6, 6.07) is 11.5. The first kappa shape index (κ1) is 15.5. The lowest BCUT2D eigenvalue weighted by molar-refractivity contribution is 0.0916. The van der Waals surface area contributed by atoms with Crippen LogP contribution in [0.3, 0.4) is 0 Å². The standard InChI is InChI=1S/C15H17ClN2O3/c1-12(19)18-8-7-15(17-18)21-11-14(16)10-20-9-13-5-3-2-4-6-13/h2-8,14H,9-11H2,1H3. The number of carbonyl (C=O) groups is 1. The summed E-state index contributed by atoms with van der Waals surface area (Å²) in [6.45, 7) is 2.59. The van der Waals surface area contributed by atoms with E-state index in [0.717, 1.165) is 5.56 Å². The van der Waals surface area contributed by atoms with Crippen molar-refractivity contribution in [3.8, 4) is 5.88 Å². The van der Waals surface area contributed by atoms with Crippen molar-refractivity contribution in [2.24, 2.45) is 0 Å². The molecule has 1 heterocycles. The lowest BCUT2D eigenvalue weighted by atomic mass is 10.2. The van der Waals surface area contributed by atoms with E-state index in [1.807, 2.05) is 30.3 Å². The molecule has 6 heteroatoms. The van der Waals surface area contributed by atoms with E-state index in [0.29, 0.717) is 19.1 Å². The summed E-state index contributed by atoms with van der Waals surface area (Å²) in [5.74, 6) is 0.206. The highest BCUT2D eigenvalue weighted by molar-refractivity contribution is 6.20. The number of halogens is 1. The molecular weight excluding hydrogens is 292 g/mol. The Morgan fingerprint density at radius 3 is 2.71 bits per heavy atom. The van der Waals surface area contributed by atoms with Crippen LogP contribution in [-0.4, -0.2) is 34.3 Å². The van der Waals surface area contributed by atoms with Gasteiger partial charge in [-0.1, -0.05) is 30.3 Å². The van der Waals surface area contributed by atoms with E-state index in [1.165, 1.54) is 11.6 Å². The quantitative estimate of drug-likeness (QED) is 0.738. The van der Waals surface area contributed by atoms with Gasteiger partial charge in [0, 0.05) is 19.2 Å². The number of carbonyl (C=O) groups excluding carboxylic acids is 1. The molecule has 5 nitrogen and oxygen atoms in total. The minimum Gasteiger partial charge on any atom is -0.475 e. The molecule has 1 atom stereocenters. The van der Waals surface area contributed by atoms with Crippen molar-refractivity contribution in [2.45, 2.75) is 18.9 Å². The minimum absolute atomic E-state index is 0.168. The lowest BCUT2D eigenvalue weighted by Gasteiger charge is -2.10. The second-order valence-electron chi connectivity index (χ2n) is 4.53. The fraction of sp³-hybridized carbons (Fsp3) is 0.333. The Morgan fingerprint density at radius 1 is 1.29 bits per heavy atom. The van der Waals surface area contributed by atoms with Crippen LogP contribution in [0.15, 0.2) is 42.6 Å². The van der Waals surface area contributed by atoms with Gasteiger partial charge in [-0.3, -0.25) is 4.79 Å². The SMILES string of the molecule is CC(=O)n1ccc(OCC(Cl)COCc2ccccc2)n1. The molecule has 21 heavy (non-hydrogen) atoms. The van der Waals surface area contributed by atoms with Gasteiger partial charge in [0.1, 0.15) is 6.61 Å². The summed E-state index contributed by atoms with van der Waals surface area (Å²) in [7, 11) is 0. The summed E-state index contributed by atoms with van der Waals surface area (Å²) in [4.78, 5) is 11.1. The van der Waals surface area contributed by atoms with E-state index >= 15 is 0 Å². The molecule has 0 radical (unpaired) electrons. The fourth-order valence-corrected chi connectivity index (χ4v) is 1.81. The van der Waals surface area contributed by atoms with Crippen molar-refractivity contribution in [3.05, 3.63) is 48.2 Å². The predicted molar refractivity (Wildman–Crippen MR) is 79.8 cm³/mol. The van der Waals surface area contributed by atoms with Crippen LogP contribution in [0.5, 0.6) is 5.88 Å². The van der Waals surface area contributed by atoms with Gasteiger partial charge < -0.3 is 9.47 Å². The third-order valence-corrected chi connectivity index (χ3v) is 2.96. The number of alkyl halides is 1. The van der Waals surface area contributed by atoms with Crippen LogP contribution in [0.2, 0.25) is 0 Å². The molecule has 0 bridgehead atoms. The molecule has 0 aliphatic rings. The van der Waals surface area contributed by atoms with Crippen molar-refractivity contribution in [3.63, 3.8) is 0 Å². The second-order valence-corrected chi connectivity index (χ2v) is 5.14. The average Bonchev–Trinajstić information content (AvgIpc) is 2.95. The van der Waals surface area contributed by atoms with Crippen LogP contribution in [-0.2, 0) is 11.3 Å². The van der Waals surface area contributed by atoms with Crippen LogP contribution < -0.4 is 4.74 Å². The zero-order valence-electron chi connectivity index (χ0n) is 11.7. The summed E-state index contributed by atoms with van der Waals surface area (Å²) in [6.07, 6.45) is 1.55. The van der Waals surface area contributed by atoms with E-state index in [1.54, 1.807) is 12.3 Å². The Morgan fingerprint density at radius 2 is 2.05 bits per heavy atom. The van der Waals surface area contributed by atoms with E-state index < -0.39 is 0 Å². The van der Waals surface area contributed by atoms with Crippen LogP contribution in [0.25, 0.3) is 0 Å². The Kier molecular flexibility index (Phi) is 5.78. The van der Waals surface area contributed by atoms with Crippen molar-refractivity contribution in [2.75, 3.05) is 13.2 Å². The third-order valence-electron chi connectivity index (χ3n) is 2.71. The van der Waals surface area contributed by atoms with Gasteiger partial charge in [-0.2, -0.15) is 0 Å². The maximum absolute atomic E-state index is 11.1. The zero-order valence-corrected chi connectivity index (χ0v) is 12.5. The molecule has 0 fully saturated rings. The first-order chi connectivity index (χ1) is 10.1. The normalized spacial score (nSPS) is 12.1. The highest BCUT2D eigenvalue weighted by Crippen LogP contribution is 2.09. The number of hydrogen-bond donors (Lipinski definition) is 0. The first-order valence-corrected chi connectivity index (χ1v) is 7.04. The number of ether oxygens (including phenoxy) is 2. The molecule has 1 unspecified atom stereocenters. The number of benzene rings is 1. The average molecular weight is 309 g/mol. The highest BCUT2D eigenvalue weighted by atomic mass is 35.5. The van der Waals surface area contributed by atoms with Gasteiger partial charge in [0.15, 0.2) is 0 Å². The Balaban J connectivity index is 1.67. The van der Waals surface area contributed by atoms with Gasteiger partial charge >= 0.3 is 0 Å². The molecule has 0 aliphatic heterocycles. The first-order valence-electron chi connectivity index (χ1n) is 6.60. The molecule has 0 amide bonds. The molecule has 0 saturated carbocycles. The second kappa shape index (κ2) is 7.81. The van der Waals surface area contributed by atoms with Gasteiger partial charge in [0.05, 0.1) is 18.6 Å². The van der Waals surface area contributed by atoms with Gasteiger partial charge in [-0.25, -0.2) is 4.68 Å². The van der Waals surface area contributed by atoms with E-state index in [-0.39, 0.29) is 17.9 Å². The maximum atomic E-state index is 11.1. The number of hydrogen-bond acceptors (Lipinski definition) is 4. The number of rotatable bonds is 7. The Labute approximate surface area is 128 Å². The van der Waals surface area contributed by atoms with E-state index in [9.17, 15) is 4.79 Å². The minimum atomic E-state index is -0.281. The molecule has 1 aromatic carbocycles. The molecule has 0 N–H and O–H groups in total. The van der Waals surface area contributed by atoms with Gasteiger partial charge in [-0.15, -0.1) is 16.7 Å². The van der Waals surface area contributed by atoms with Gasteiger partial charge in [-0.05, 0) is 5.56 Å². The highest BCUT2D eigenvalue weighted by Gasteiger charge is 2.08. The molecular formula is C15H17ClN2O3.